The molecule has 0 saturated heterocycles. The normalized spacial score (nSPS) is 20.0. The molecule has 0 radical (unpaired) electrons. The number of methoxy groups -OCH3 is 1. The fourth-order valence-electron chi connectivity index (χ4n) is 3.45. The summed E-state index contributed by atoms with van der Waals surface area (Å²) in [4.78, 5) is 19.0. The highest BCUT2D eigenvalue weighted by atomic mass is 16.5. The third kappa shape index (κ3) is 2.82. The molecule has 4 rings (SSSR count). The summed E-state index contributed by atoms with van der Waals surface area (Å²) in [7, 11) is 1.68. The van der Waals surface area contributed by atoms with Crippen LogP contribution in [0.5, 0.6) is 0 Å². The van der Waals surface area contributed by atoms with Gasteiger partial charge in [0.05, 0.1) is 24.5 Å². The molecule has 126 valence electrons. The largest absolute Gasteiger partial charge is 0.382 e. The van der Waals surface area contributed by atoms with E-state index in [4.69, 9.17) is 4.74 Å². The third-order valence-corrected chi connectivity index (χ3v) is 4.87. The quantitative estimate of drug-likeness (QED) is 0.844. The highest BCUT2D eigenvalue weighted by Gasteiger charge is 2.36. The number of amides is 1. The van der Waals surface area contributed by atoms with E-state index >= 15 is 0 Å². The van der Waals surface area contributed by atoms with Crippen molar-refractivity contribution in [3.8, 4) is 0 Å². The molecule has 24 heavy (non-hydrogen) atoms. The highest BCUT2D eigenvalue weighted by Crippen LogP contribution is 2.35. The van der Waals surface area contributed by atoms with Crippen LogP contribution in [0.15, 0.2) is 30.6 Å². The molecule has 2 aromatic heterocycles. The van der Waals surface area contributed by atoms with Crippen molar-refractivity contribution < 1.29 is 9.53 Å². The zero-order valence-corrected chi connectivity index (χ0v) is 13.9. The molecule has 1 atom stereocenters. The average Bonchev–Trinajstić information content (AvgIpc) is 3.34. The number of carbonyl (C=O) groups is 1. The second-order valence-electron chi connectivity index (χ2n) is 6.62. The molecule has 1 aliphatic carbocycles. The molecule has 2 aromatic rings. The van der Waals surface area contributed by atoms with Crippen molar-refractivity contribution in [1.82, 2.24) is 19.7 Å². The lowest BCUT2D eigenvalue weighted by atomic mass is 9.99. The smallest absolute Gasteiger partial charge is 0.273 e. The van der Waals surface area contributed by atoms with Gasteiger partial charge in [0, 0.05) is 26.4 Å². The monoisotopic (exact) mass is 326 g/mol. The van der Waals surface area contributed by atoms with Crippen molar-refractivity contribution in [1.29, 1.82) is 0 Å². The third-order valence-electron chi connectivity index (χ3n) is 4.87. The van der Waals surface area contributed by atoms with Gasteiger partial charge in [0.1, 0.15) is 5.69 Å². The van der Waals surface area contributed by atoms with Gasteiger partial charge in [0.15, 0.2) is 0 Å². The zero-order valence-electron chi connectivity index (χ0n) is 13.9. The molecule has 2 aliphatic rings. The van der Waals surface area contributed by atoms with Crippen molar-refractivity contribution >= 4 is 5.91 Å². The molecule has 1 fully saturated rings. The van der Waals surface area contributed by atoms with E-state index in [1.54, 1.807) is 19.4 Å². The minimum atomic E-state index is -0.102. The average molecular weight is 326 g/mol. The van der Waals surface area contributed by atoms with Gasteiger partial charge in [0.2, 0.25) is 0 Å². The fraction of sp³-hybridized carbons (Fsp3) is 0.500. The molecular weight excluding hydrogens is 304 g/mol. The topological polar surface area (TPSA) is 60.2 Å². The lowest BCUT2D eigenvalue weighted by Gasteiger charge is -2.36. The van der Waals surface area contributed by atoms with Crippen molar-refractivity contribution in [2.45, 2.75) is 31.8 Å². The molecular formula is C18H22N4O2. The first-order valence-corrected chi connectivity index (χ1v) is 8.53. The molecule has 6 heteroatoms. The number of fused-ring (bicyclic) bond motifs is 1. The Morgan fingerprint density at radius 2 is 2.25 bits per heavy atom. The number of nitrogens with zero attached hydrogens (tertiary/aromatic N) is 4. The Hall–Kier alpha value is -2.21. The maximum atomic E-state index is 12.9. The molecule has 1 amide bonds. The summed E-state index contributed by atoms with van der Waals surface area (Å²) in [6, 6.07) is 5.33. The second kappa shape index (κ2) is 6.36. The second-order valence-corrected chi connectivity index (χ2v) is 6.62. The van der Waals surface area contributed by atoms with E-state index < -0.39 is 0 Å². The molecule has 6 nitrogen and oxygen atoms in total. The number of aromatic nitrogens is 3. The number of ether oxygens (including phenoxy) is 1. The van der Waals surface area contributed by atoms with E-state index in [0.717, 1.165) is 24.6 Å². The minimum Gasteiger partial charge on any atom is -0.382 e. The van der Waals surface area contributed by atoms with E-state index in [2.05, 4.69) is 14.8 Å². The maximum absolute atomic E-state index is 12.9. The summed E-state index contributed by atoms with van der Waals surface area (Å²) in [5, 5.41) is 4.58. The summed E-state index contributed by atoms with van der Waals surface area (Å²) in [5.74, 6) is 0.696. The van der Waals surface area contributed by atoms with Gasteiger partial charge in [-0.1, -0.05) is 6.07 Å². The van der Waals surface area contributed by atoms with Gasteiger partial charge in [-0.3, -0.25) is 14.5 Å². The molecule has 1 aliphatic heterocycles. The summed E-state index contributed by atoms with van der Waals surface area (Å²) in [6.45, 7) is 2.09. The predicted molar refractivity (Wildman–Crippen MR) is 88.5 cm³/mol. The Morgan fingerprint density at radius 1 is 1.38 bits per heavy atom. The lowest BCUT2D eigenvalue weighted by Crippen LogP contribution is -2.43. The number of pyridine rings is 1. The number of carbonyl (C=O) groups excluding carboxylic acids is 1. The van der Waals surface area contributed by atoms with E-state index in [1.807, 2.05) is 23.2 Å². The van der Waals surface area contributed by atoms with Gasteiger partial charge in [-0.15, -0.1) is 0 Å². The molecule has 1 saturated carbocycles. The first kappa shape index (κ1) is 15.3. The molecule has 0 spiro atoms. The van der Waals surface area contributed by atoms with E-state index in [1.165, 1.54) is 18.4 Å². The molecule has 0 bridgehead atoms. The first-order valence-electron chi connectivity index (χ1n) is 8.53. The molecule has 1 unspecified atom stereocenters. The SMILES string of the molecule is COCC1c2c(cnn2CC2CC2)CCN1C(=O)c1ccccn1. The summed E-state index contributed by atoms with van der Waals surface area (Å²) >= 11 is 0. The van der Waals surface area contributed by atoms with Crippen molar-refractivity contribution in [3.63, 3.8) is 0 Å². The number of hydrogen-bond acceptors (Lipinski definition) is 4. The van der Waals surface area contributed by atoms with Crippen molar-refractivity contribution in [2.24, 2.45) is 5.92 Å². The predicted octanol–water partition coefficient (Wildman–Crippen LogP) is 2.07. The molecule has 0 aromatic carbocycles. The summed E-state index contributed by atoms with van der Waals surface area (Å²) in [6.07, 6.45) is 7.01. The van der Waals surface area contributed by atoms with Gasteiger partial charge in [-0.25, -0.2) is 0 Å². The van der Waals surface area contributed by atoms with Crippen LogP contribution >= 0.6 is 0 Å². The van der Waals surface area contributed by atoms with Gasteiger partial charge in [-0.05, 0) is 42.9 Å². The van der Waals surface area contributed by atoms with Crippen LogP contribution < -0.4 is 0 Å². The minimum absolute atomic E-state index is 0.0394. The van der Waals surface area contributed by atoms with Gasteiger partial charge >= 0.3 is 0 Å². The van der Waals surface area contributed by atoms with E-state index in [0.29, 0.717) is 18.8 Å². The Balaban J connectivity index is 1.66. The van der Waals surface area contributed by atoms with E-state index in [-0.39, 0.29) is 11.9 Å². The van der Waals surface area contributed by atoms with E-state index in [9.17, 15) is 4.79 Å². The van der Waals surface area contributed by atoms with Gasteiger partial charge in [-0.2, -0.15) is 5.10 Å². The maximum Gasteiger partial charge on any atom is 0.273 e. The highest BCUT2D eigenvalue weighted by molar-refractivity contribution is 5.92. The number of hydrogen-bond donors (Lipinski definition) is 0. The van der Waals surface area contributed by atoms with Gasteiger partial charge < -0.3 is 9.64 Å². The van der Waals surface area contributed by atoms with Crippen LogP contribution in [-0.2, 0) is 17.7 Å². The summed E-state index contributed by atoms with van der Waals surface area (Å²) in [5.41, 5.74) is 2.86. The first-order chi connectivity index (χ1) is 11.8. The van der Waals surface area contributed by atoms with Crippen LogP contribution in [0.2, 0.25) is 0 Å². The zero-order chi connectivity index (χ0) is 16.5. The van der Waals surface area contributed by atoms with Crippen molar-refractivity contribution in [2.75, 3.05) is 20.3 Å². The van der Waals surface area contributed by atoms with Crippen LogP contribution in [0.25, 0.3) is 0 Å². The van der Waals surface area contributed by atoms with Crippen molar-refractivity contribution in [3.05, 3.63) is 47.5 Å². The van der Waals surface area contributed by atoms with Crippen LogP contribution in [0.1, 0.15) is 40.6 Å². The fourth-order valence-corrected chi connectivity index (χ4v) is 3.45. The Labute approximate surface area is 141 Å². The van der Waals surface area contributed by atoms with Crippen LogP contribution in [-0.4, -0.2) is 45.8 Å². The van der Waals surface area contributed by atoms with Gasteiger partial charge in [0.25, 0.3) is 5.91 Å². The Kier molecular flexibility index (Phi) is 4.06. The molecule has 0 N–H and O–H groups in total. The Morgan fingerprint density at radius 3 is 2.96 bits per heavy atom. The van der Waals surface area contributed by atoms with Crippen LogP contribution in [0, 0.1) is 5.92 Å². The Bertz CT molecular complexity index is 724. The number of rotatable bonds is 5. The summed E-state index contributed by atoms with van der Waals surface area (Å²) < 4.78 is 7.54. The standard InChI is InChI=1S/C18H22N4O2/c1-24-12-16-17-14(10-20-22(17)11-13-5-6-13)7-9-21(16)18(23)15-4-2-3-8-19-15/h2-4,8,10,13,16H,5-7,9,11-12H2,1H3. The van der Waals surface area contributed by atoms with Crippen LogP contribution in [0.4, 0.5) is 0 Å². The molecule has 3 heterocycles. The van der Waals surface area contributed by atoms with Crippen LogP contribution in [0.3, 0.4) is 0 Å². The lowest BCUT2D eigenvalue weighted by molar-refractivity contribution is 0.0476.